The van der Waals surface area contributed by atoms with E-state index < -0.39 is 11.9 Å². The Hall–Kier alpha value is -1.43. The first-order valence-electron chi connectivity index (χ1n) is 5.79. The summed E-state index contributed by atoms with van der Waals surface area (Å²) in [5, 5.41) is 9.32. The molecule has 0 heterocycles. The molecule has 2 nitrogen and oxygen atoms in total. The zero-order valence-electron chi connectivity index (χ0n) is 10.0. The largest absolute Gasteiger partial charge is 0.481 e. The normalized spacial score (nSPS) is 12.1. The highest BCUT2D eigenvalue weighted by Gasteiger charge is 2.20. The Bertz CT molecular complexity index is 564. The summed E-state index contributed by atoms with van der Waals surface area (Å²) in [6, 6.07) is 13.4. The van der Waals surface area contributed by atoms with Crippen LogP contribution in [0.3, 0.4) is 0 Å². The Kier molecular flexibility index (Phi) is 4.52. The van der Waals surface area contributed by atoms with Gasteiger partial charge in [-0.25, -0.2) is 4.39 Å². The van der Waals surface area contributed by atoms with Crippen molar-refractivity contribution in [1.82, 2.24) is 0 Å². The highest BCUT2D eigenvalue weighted by atomic mass is 127. The highest BCUT2D eigenvalue weighted by Crippen LogP contribution is 2.22. The highest BCUT2D eigenvalue weighted by molar-refractivity contribution is 14.1. The summed E-state index contributed by atoms with van der Waals surface area (Å²) in [5.74, 6) is -1.91. The number of halogens is 2. The quantitative estimate of drug-likeness (QED) is 0.831. The van der Waals surface area contributed by atoms with Crippen LogP contribution in [0.1, 0.15) is 17.0 Å². The lowest BCUT2D eigenvalue weighted by molar-refractivity contribution is -0.138. The second kappa shape index (κ2) is 6.14. The molecule has 0 saturated heterocycles. The summed E-state index contributed by atoms with van der Waals surface area (Å²) in [7, 11) is 0. The molecule has 0 radical (unpaired) electrons. The van der Waals surface area contributed by atoms with Crippen LogP contribution in [0.15, 0.2) is 48.5 Å². The van der Waals surface area contributed by atoms with Gasteiger partial charge in [0.15, 0.2) is 0 Å². The van der Waals surface area contributed by atoms with Crippen molar-refractivity contribution in [1.29, 1.82) is 0 Å². The molecule has 0 aromatic heterocycles. The van der Waals surface area contributed by atoms with Gasteiger partial charge in [0.1, 0.15) is 5.82 Å². The summed E-state index contributed by atoms with van der Waals surface area (Å²) in [4.78, 5) is 11.4. The minimum absolute atomic E-state index is 0.359. The van der Waals surface area contributed by atoms with Gasteiger partial charge in [-0.1, -0.05) is 24.3 Å². The van der Waals surface area contributed by atoms with Gasteiger partial charge >= 0.3 is 5.97 Å². The minimum atomic E-state index is -0.898. The lowest BCUT2D eigenvalue weighted by Gasteiger charge is -2.13. The molecule has 98 valence electrons. The van der Waals surface area contributed by atoms with Crippen LogP contribution in [-0.2, 0) is 11.2 Å². The molecule has 2 rings (SSSR count). The second-order valence-corrected chi connectivity index (χ2v) is 5.52. The van der Waals surface area contributed by atoms with Crippen molar-refractivity contribution in [3.63, 3.8) is 0 Å². The molecule has 0 amide bonds. The van der Waals surface area contributed by atoms with Crippen molar-refractivity contribution in [2.45, 2.75) is 12.3 Å². The zero-order valence-corrected chi connectivity index (χ0v) is 12.2. The second-order valence-electron chi connectivity index (χ2n) is 4.27. The van der Waals surface area contributed by atoms with E-state index in [0.717, 1.165) is 9.13 Å². The van der Waals surface area contributed by atoms with Gasteiger partial charge in [0.25, 0.3) is 0 Å². The molecule has 2 aromatic rings. The third-order valence-corrected chi connectivity index (χ3v) is 3.64. The number of hydrogen-bond acceptors (Lipinski definition) is 1. The molecule has 0 saturated carbocycles. The van der Waals surface area contributed by atoms with Crippen molar-refractivity contribution in [2.75, 3.05) is 0 Å². The number of carboxylic acids is 1. The maximum atomic E-state index is 12.9. The zero-order chi connectivity index (χ0) is 13.8. The molecule has 1 unspecified atom stereocenters. The maximum Gasteiger partial charge on any atom is 0.311 e. The van der Waals surface area contributed by atoms with Gasteiger partial charge in [0.05, 0.1) is 5.92 Å². The fourth-order valence-electron chi connectivity index (χ4n) is 1.90. The van der Waals surface area contributed by atoms with Crippen molar-refractivity contribution >= 4 is 28.6 Å². The molecule has 2 aromatic carbocycles. The van der Waals surface area contributed by atoms with Crippen LogP contribution < -0.4 is 0 Å². The van der Waals surface area contributed by atoms with E-state index in [9.17, 15) is 14.3 Å². The van der Waals surface area contributed by atoms with E-state index in [2.05, 4.69) is 22.6 Å². The van der Waals surface area contributed by atoms with E-state index in [4.69, 9.17) is 0 Å². The van der Waals surface area contributed by atoms with Gasteiger partial charge in [-0.2, -0.15) is 0 Å². The van der Waals surface area contributed by atoms with Gasteiger partial charge in [-0.3, -0.25) is 4.79 Å². The van der Waals surface area contributed by atoms with Crippen molar-refractivity contribution in [3.05, 3.63) is 69.0 Å². The predicted octanol–water partition coefficient (Wildman–Crippen LogP) is 3.84. The van der Waals surface area contributed by atoms with Crippen LogP contribution in [0.5, 0.6) is 0 Å². The van der Waals surface area contributed by atoms with Crippen LogP contribution in [0.2, 0.25) is 0 Å². The maximum absolute atomic E-state index is 12.9. The summed E-state index contributed by atoms with van der Waals surface area (Å²) in [5.41, 5.74) is 1.57. The number of carbonyl (C=O) groups is 1. The smallest absolute Gasteiger partial charge is 0.311 e. The first-order chi connectivity index (χ1) is 9.06. The lowest BCUT2D eigenvalue weighted by Crippen LogP contribution is -2.14. The third-order valence-electron chi connectivity index (χ3n) is 2.92. The molecule has 0 aliphatic carbocycles. The van der Waals surface area contributed by atoms with Gasteiger partial charge < -0.3 is 5.11 Å². The molecule has 19 heavy (non-hydrogen) atoms. The van der Waals surface area contributed by atoms with E-state index >= 15 is 0 Å². The molecule has 4 heteroatoms. The van der Waals surface area contributed by atoms with Gasteiger partial charge in [-0.05, 0) is 64.4 Å². The average Bonchev–Trinajstić information content (AvgIpc) is 2.39. The monoisotopic (exact) mass is 370 g/mol. The third kappa shape index (κ3) is 3.76. The Morgan fingerprint density at radius 1 is 1.11 bits per heavy atom. The predicted molar refractivity (Wildman–Crippen MR) is 79.6 cm³/mol. The number of carboxylic acid groups (broad SMARTS) is 1. The Balaban J connectivity index is 2.23. The van der Waals surface area contributed by atoms with Crippen LogP contribution in [-0.4, -0.2) is 11.1 Å². The standard InChI is InChI=1S/C15H12FIO2/c16-12-5-3-11(4-6-12)14(15(18)19)9-10-1-7-13(17)8-2-10/h1-8,14H,9H2,(H,18,19). The Morgan fingerprint density at radius 3 is 2.21 bits per heavy atom. The first-order valence-corrected chi connectivity index (χ1v) is 6.87. The molecular formula is C15H12FIO2. The summed E-state index contributed by atoms with van der Waals surface area (Å²) < 4.78 is 14.0. The molecule has 0 spiro atoms. The van der Waals surface area contributed by atoms with Crippen LogP contribution >= 0.6 is 22.6 Å². The fraction of sp³-hybridized carbons (Fsp3) is 0.133. The van der Waals surface area contributed by atoms with Crippen LogP contribution in [0, 0.1) is 9.39 Å². The van der Waals surface area contributed by atoms with E-state index in [1.807, 2.05) is 24.3 Å². The lowest BCUT2D eigenvalue weighted by atomic mass is 9.92. The molecule has 1 atom stereocenters. The van der Waals surface area contributed by atoms with Crippen LogP contribution in [0.25, 0.3) is 0 Å². The fourth-order valence-corrected chi connectivity index (χ4v) is 2.26. The molecule has 0 fully saturated rings. The number of benzene rings is 2. The molecule has 0 aliphatic heterocycles. The van der Waals surface area contributed by atoms with Crippen molar-refractivity contribution < 1.29 is 14.3 Å². The van der Waals surface area contributed by atoms with Gasteiger partial charge in [-0.15, -0.1) is 0 Å². The Morgan fingerprint density at radius 2 is 1.68 bits per heavy atom. The van der Waals surface area contributed by atoms with Gasteiger partial charge in [0, 0.05) is 3.57 Å². The summed E-state index contributed by atoms with van der Waals surface area (Å²) >= 11 is 2.20. The average molecular weight is 370 g/mol. The Labute approximate surface area is 124 Å². The first kappa shape index (κ1) is 14.0. The van der Waals surface area contributed by atoms with Crippen molar-refractivity contribution in [2.24, 2.45) is 0 Å². The van der Waals surface area contributed by atoms with E-state index in [0.29, 0.717) is 12.0 Å². The molecule has 0 aliphatic rings. The molecular weight excluding hydrogens is 358 g/mol. The summed E-state index contributed by atoms with van der Waals surface area (Å²) in [6.07, 6.45) is 0.401. The SMILES string of the molecule is O=C(O)C(Cc1ccc(I)cc1)c1ccc(F)cc1. The number of hydrogen-bond donors (Lipinski definition) is 1. The number of aliphatic carboxylic acids is 1. The van der Waals surface area contributed by atoms with Crippen LogP contribution in [0.4, 0.5) is 4.39 Å². The molecule has 1 N–H and O–H groups in total. The van der Waals surface area contributed by atoms with E-state index in [1.54, 1.807) is 0 Å². The number of rotatable bonds is 4. The topological polar surface area (TPSA) is 37.3 Å². The summed E-state index contributed by atoms with van der Waals surface area (Å²) in [6.45, 7) is 0. The van der Waals surface area contributed by atoms with Gasteiger partial charge in [0.2, 0.25) is 0 Å². The van der Waals surface area contributed by atoms with E-state index in [-0.39, 0.29) is 5.82 Å². The molecule has 0 bridgehead atoms. The van der Waals surface area contributed by atoms with E-state index in [1.165, 1.54) is 24.3 Å². The minimum Gasteiger partial charge on any atom is -0.481 e. The van der Waals surface area contributed by atoms with Crippen molar-refractivity contribution in [3.8, 4) is 0 Å².